The van der Waals surface area contributed by atoms with Crippen LogP contribution in [0.15, 0.2) is 48.8 Å². The van der Waals surface area contributed by atoms with Crippen LogP contribution in [-0.2, 0) is 31.1 Å². The zero-order chi connectivity index (χ0) is 32.1. The number of anilines is 2. The third-order valence-electron chi connectivity index (χ3n) is 7.26. The number of alkyl halides is 3. The van der Waals surface area contributed by atoms with Gasteiger partial charge in [-0.25, -0.2) is 4.98 Å². The highest BCUT2D eigenvalue weighted by atomic mass is 19.4. The van der Waals surface area contributed by atoms with Crippen LogP contribution in [0, 0.1) is 22.7 Å². The van der Waals surface area contributed by atoms with Crippen molar-refractivity contribution in [3.8, 4) is 34.7 Å². The fourth-order valence-corrected chi connectivity index (χ4v) is 5.14. The number of nitrogens with one attached hydrogen (secondary N) is 2. The van der Waals surface area contributed by atoms with Gasteiger partial charge in [-0.2, -0.15) is 23.7 Å². The quantitative estimate of drug-likeness (QED) is 0.230. The molecule has 0 unspecified atom stereocenters. The number of aromatic nitrogens is 4. The number of methoxy groups -OCH3 is 1. The molecule has 0 radical (unpaired) electrons. The normalized spacial score (nSPS) is 12.6. The Morgan fingerprint density at radius 3 is 2.58 bits per heavy atom. The number of carbonyl (C=O) groups is 1. The van der Waals surface area contributed by atoms with E-state index in [-0.39, 0.29) is 43.0 Å². The van der Waals surface area contributed by atoms with Crippen LogP contribution in [0.5, 0.6) is 0 Å². The van der Waals surface area contributed by atoms with Crippen molar-refractivity contribution in [3.05, 3.63) is 76.6 Å². The Morgan fingerprint density at radius 2 is 1.89 bits per heavy atom. The van der Waals surface area contributed by atoms with Gasteiger partial charge in [0, 0.05) is 44.9 Å². The average molecular weight is 616 g/mol. The van der Waals surface area contributed by atoms with Gasteiger partial charge in [-0.05, 0) is 64.7 Å². The number of aryl methyl sites for hydroxylation is 1. The summed E-state index contributed by atoms with van der Waals surface area (Å²) in [6.07, 6.45) is -2.99. The lowest BCUT2D eigenvalue weighted by atomic mass is 9.97. The standard InChI is InChI=1S/C31H28F3N9O2/c1-42-18-39-41-29(42)22-5-4-19(15-36)10-23(22)21-13-27(38-7-3-6-35)40-28(14-21)43-17-25-24(30(43)44)11-20(16-37-8-9-45-2)12-26(25)31(32,33)34/h4-5,10-14,18,37H,3,7-9,16-17H2,1-2H3,(H,38,40). The molecule has 3 heterocycles. The summed E-state index contributed by atoms with van der Waals surface area (Å²) in [5.74, 6) is 0.290. The first-order valence-electron chi connectivity index (χ1n) is 13.9. The van der Waals surface area contributed by atoms with Crippen molar-refractivity contribution in [2.75, 3.05) is 37.0 Å². The van der Waals surface area contributed by atoms with E-state index in [0.29, 0.717) is 52.6 Å². The molecule has 5 rings (SSSR count). The minimum absolute atomic E-state index is 0.0502. The molecule has 11 nitrogen and oxygen atoms in total. The molecule has 2 aromatic carbocycles. The zero-order valence-corrected chi connectivity index (χ0v) is 24.4. The number of ether oxygens (including phenoxy) is 1. The van der Waals surface area contributed by atoms with Gasteiger partial charge in [0.15, 0.2) is 5.82 Å². The largest absolute Gasteiger partial charge is 0.416 e. The monoisotopic (exact) mass is 615 g/mol. The van der Waals surface area contributed by atoms with Gasteiger partial charge in [0.25, 0.3) is 5.91 Å². The predicted octanol–water partition coefficient (Wildman–Crippen LogP) is 4.66. The molecule has 2 N–H and O–H groups in total. The number of carbonyl (C=O) groups excluding carboxylic acids is 1. The molecule has 45 heavy (non-hydrogen) atoms. The van der Waals surface area contributed by atoms with Crippen LogP contribution in [-0.4, -0.2) is 52.5 Å². The van der Waals surface area contributed by atoms with E-state index in [0.717, 1.165) is 6.07 Å². The molecular formula is C31H28F3N9O2. The lowest BCUT2D eigenvalue weighted by molar-refractivity contribution is -0.138. The molecule has 0 atom stereocenters. The molecule has 0 aliphatic carbocycles. The molecule has 2 aromatic heterocycles. The van der Waals surface area contributed by atoms with E-state index in [1.807, 2.05) is 6.07 Å². The highest BCUT2D eigenvalue weighted by Gasteiger charge is 2.41. The SMILES string of the molecule is COCCNCc1cc2c(c(C(F)(F)F)c1)CN(c1cc(-c3cc(C#N)ccc3-c3nncn3C)cc(NCCC#N)n1)C2=O. The second-order valence-corrected chi connectivity index (χ2v) is 10.3. The smallest absolute Gasteiger partial charge is 0.383 e. The number of hydrogen-bond donors (Lipinski definition) is 2. The van der Waals surface area contributed by atoms with Gasteiger partial charge < -0.3 is 19.9 Å². The highest BCUT2D eigenvalue weighted by molar-refractivity contribution is 6.10. The number of halogens is 3. The Labute approximate surface area is 256 Å². The molecule has 14 heteroatoms. The Balaban J connectivity index is 1.61. The predicted molar refractivity (Wildman–Crippen MR) is 159 cm³/mol. The van der Waals surface area contributed by atoms with Crippen molar-refractivity contribution >= 4 is 17.5 Å². The first-order valence-corrected chi connectivity index (χ1v) is 13.9. The summed E-state index contributed by atoms with van der Waals surface area (Å²) < 4.78 is 49.5. The van der Waals surface area contributed by atoms with E-state index in [1.54, 1.807) is 41.9 Å². The number of rotatable bonds is 11. The van der Waals surface area contributed by atoms with Crippen LogP contribution in [0.4, 0.5) is 24.8 Å². The summed E-state index contributed by atoms with van der Waals surface area (Å²) in [7, 11) is 3.29. The Hall–Kier alpha value is -5.31. The molecule has 1 aliphatic heterocycles. The van der Waals surface area contributed by atoms with Crippen molar-refractivity contribution in [3.63, 3.8) is 0 Å². The Kier molecular flexibility index (Phi) is 9.08. The van der Waals surface area contributed by atoms with Crippen molar-refractivity contribution < 1.29 is 22.7 Å². The van der Waals surface area contributed by atoms with Crippen LogP contribution < -0.4 is 15.5 Å². The third kappa shape index (κ3) is 6.62. The number of benzene rings is 2. The second kappa shape index (κ2) is 13.1. The molecule has 0 bridgehead atoms. The van der Waals surface area contributed by atoms with Crippen molar-refractivity contribution in [2.45, 2.75) is 25.7 Å². The second-order valence-electron chi connectivity index (χ2n) is 10.3. The van der Waals surface area contributed by atoms with Gasteiger partial charge in [0.1, 0.15) is 18.0 Å². The maximum atomic E-state index is 14.3. The Bertz CT molecular complexity index is 1820. The molecule has 4 aromatic rings. The van der Waals surface area contributed by atoms with Crippen LogP contribution in [0.1, 0.15) is 39.0 Å². The number of hydrogen-bond acceptors (Lipinski definition) is 9. The number of pyridine rings is 1. The minimum atomic E-state index is -4.69. The van der Waals surface area contributed by atoms with Crippen molar-refractivity contribution in [1.82, 2.24) is 25.1 Å². The number of fused-ring (bicyclic) bond motifs is 1. The fraction of sp³-hybridized carbons (Fsp3) is 0.290. The average Bonchev–Trinajstić information content (AvgIpc) is 3.60. The molecule has 0 fully saturated rings. The van der Waals surface area contributed by atoms with Gasteiger partial charge in [-0.15, -0.1) is 10.2 Å². The Morgan fingerprint density at radius 1 is 1.07 bits per heavy atom. The van der Waals surface area contributed by atoms with E-state index in [1.165, 1.54) is 24.4 Å². The molecular weight excluding hydrogens is 587 g/mol. The molecule has 0 saturated carbocycles. The van der Waals surface area contributed by atoms with Crippen LogP contribution in [0.2, 0.25) is 0 Å². The van der Waals surface area contributed by atoms with E-state index in [2.05, 4.69) is 31.9 Å². The van der Waals surface area contributed by atoms with Crippen LogP contribution >= 0.6 is 0 Å². The van der Waals surface area contributed by atoms with E-state index in [9.17, 15) is 23.2 Å². The van der Waals surface area contributed by atoms with Gasteiger partial charge >= 0.3 is 6.18 Å². The number of nitrogens with zero attached hydrogens (tertiary/aromatic N) is 7. The molecule has 1 amide bonds. The summed E-state index contributed by atoms with van der Waals surface area (Å²) in [6, 6.07) is 15.0. The van der Waals surface area contributed by atoms with Gasteiger partial charge in [-0.1, -0.05) is 0 Å². The lowest BCUT2D eigenvalue weighted by Gasteiger charge is -2.19. The summed E-state index contributed by atoms with van der Waals surface area (Å²) in [5.41, 5.74) is 1.34. The topological polar surface area (TPSA) is 145 Å². The maximum absolute atomic E-state index is 14.3. The number of nitriles is 2. The first kappa shape index (κ1) is 31.1. The summed E-state index contributed by atoms with van der Waals surface area (Å²) in [6.45, 7) is 0.825. The fourth-order valence-electron chi connectivity index (χ4n) is 5.14. The summed E-state index contributed by atoms with van der Waals surface area (Å²) in [4.78, 5) is 19.5. The summed E-state index contributed by atoms with van der Waals surface area (Å²) >= 11 is 0. The molecule has 1 aliphatic rings. The maximum Gasteiger partial charge on any atom is 0.416 e. The molecule has 0 spiro atoms. The van der Waals surface area contributed by atoms with Crippen LogP contribution in [0.3, 0.4) is 0 Å². The van der Waals surface area contributed by atoms with Crippen molar-refractivity contribution in [2.24, 2.45) is 7.05 Å². The molecule has 230 valence electrons. The van der Waals surface area contributed by atoms with Gasteiger partial charge in [-0.3, -0.25) is 9.69 Å². The highest BCUT2D eigenvalue weighted by Crippen LogP contribution is 2.41. The number of amides is 1. The lowest BCUT2D eigenvalue weighted by Crippen LogP contribution is -2.24. The molecule has 0 saturated heterocycles. The van der Waals surface area contributed by atoms with Gasteiger partial charge in [0.05, 0.1) is 42.8 Å². The summed E-state index contributed by atoms with van der Waals surface area (Å²) in [5, 5.41) is 32.9. The zero-order valence-electron chi connectivity index (χ0n) is 24.4. The third-order valence-corrected chi connectivity index (χ3v) is 7.26. The minimum Gasteiger partial charge on any atom is -0.383 e. The van der Waals surface area contributed by atoms with Gasteiger partial charge in [0.2, 0.25) is 0 Å². The van der Waals surface area contributed by atoms with Crippen LogP contribution in [0.25, 0.3) is 22.5 Å². The van der Waals surface area contributed by atoms with E-state index >= 15 is 0 Å². The first-order chi connectivity index (χ1) is 21.6. The van der Waals surface area contributed by atoms with E-state index in [4.69, 9.17) is 10.00 Å². The van der Waals surface area contributed by atoms with E-state index < -0.39 is 17.6 Å². The van der Waals surface area contributed by atoms with Crippen molar-refractivity contribution in [1.29, 1.82) is 10.5 Å².